The van der Waals surface area contributed by atoms with Crippen LogP contribution in [0.5, 0.6) is 0 Å². The van der Waals surface area contributed by atoms with E-state index in [1.165, 1.54) is 0 Å². The zero-order chi connectivity index (χ0) is 14.1. The highest BCUT2D eigenvalue weighted by atomic mass is 35.5. The van der Waals surface area contributed by atoms with Crippen molar-refractivity contribution in [3.8, 4) is 0 Å². The van der Waals surface area contributed by atoms with Crippen molar-refractivity contribution in [1.82, 2.24) is 19.5 Å². The number of alkyl halides is 1. The van der Waals surface area contributed by atoms with Crippen LogP contribution in [0.3, 0.4) is 0 Å². The van der Waals surface area contributed by atoms with Crippen molar-refractivity contribution < 1.29 is 0 Å². The average Bonchev–Trinajstić information content (AvgIpc) is 2.83. The number of hydrogen-bond donors (Lipinski definition) is 2. The van der Waals surface area contributed by atoms with Gasteiger partial charge in [-0.1, -0.05) is 24.3 Å². The predicted molar refractivity (Wildman–Crippen MR) is 79.2 cm³/mol. The molecule has 7 heteroatoms. The summed E-state index contributed by atoms with van der Waals surface area (Å²) in [5, 5.41) is 0. The van der Waals surface area contributed by atoms with Gasteiger partial charge in [-0.15, -0.1) is 11.6 Å². The van der Waals surface area contributed by atoms with E-state index in [0.29, 0.717) is 29.4 Å². The van der Waals surface area contributed by atoms with Crippen LogP contribution in [-0.4, -0.2) is 19.5 Å². The van der Waals surface area contributed by atoms with E-state index in [0.717, 1.165) is 11.1 Å². The molecule has 0 unspecified atom stereocenters. The third kappa shape index (κ3) is 2.25. The minimum atomic E-state index is 0.147. The molecule has 3 rings (SSSR count). The molecule has 6 nitrogen and oxygen atoms in total. The number of aromatic nitrogens is 4. The number of anilines is 2. The summed E-state index contributed by atoms with van der Waals surface area (Å²) in [4.78, 5) is 12.3. The maximum Gasteiger partial charge on any atom is 0.224 e. The van der Waals surface area contributed by atoms with Gasteiger partial charge in [-0.2, -0.15) is 9.97 Å². The first-order valence-electron chi connectivity index (χ1n) is 6.05. The van der Waals surface area contributed by atoms with Gasteiger partial charge in [0, 0.05) is 5.88 Å². The summed E-state index contributed by atoms with van der Waals surface area (Å²) in [6.07, 6.45) is 1.69. The van der Waals surface area contributed by atoms with Crippen LogP contribution in [-0.2, 0) is 12.4 Å². The first kappa shape index (κ1) is 12.7. The fraction of sp³-hybridized carbons (Fsp3) is 0.154. The molecule has 0 bridgehead atoms. The monoisotopic (exact) mass is 288 g/mol. The highest BCUT2D eigenvalue weighted by Gasteiger charge is 2.10. The Morgan fingerprint density at radius 1 is 1.05 bits per heavy atom. The van der Waals surface area contributed by atoms with Crippen LogP contribution >= 0.6 is 11.6 Å². The van der Waals surface area contributed by atoms with Gasteiger partial charge in [0.05, 0.1) is 12.9 Å². The molecule has 20 heavy (non-hydrogen) atoms. The molecule has 1 aromatic carbocycles. The molecule has 0 radical (unpaired) electrons. The van der Waals surface area contributed by atoms with Gasteiger partial charge in [-0.05, 0) is 11.1 Å². The molecule has 0 saturated carbocycles. The van der Waals surface area contributed by atoms with E-state index >= 15 is 0 Å². The summed E-state index contributed by atoms with van der Waals surface area (Å²) in [7, 11) is 0. The van der Waals surface area contributed by atoms with Crippen LogP contribution in [0.4, 0.5) is 11.8 Å². The van der Waals surface area contributed by atoms with Gasteiger partial charge in [-0.25, -0.2) is 4.98 Å². The smallest absolute Gasteiger partial charge is 0.224 e. The summed E-state index contributed by atoms with van der Waals surface area (Å²) in [5.41, 5.74) is 14.8. The van der Waals surface area contributed by atoms with Gasteiger partial charge in [0.25, 0.3) is 0 Å². The quantitative estimate of drug-likeness (QED) is 0.716. The van der Waals surface area contributed by atoms with Crippen molar-refractivity contribution in [3.63, 3.8) is 0 Å². The molecule has 2 heterocycles. The van der Waals surface area contributed by atoms with Crippen molar-refractivity contribution in [2.75, 3.05) is 11.5 Å². The highest BCUT2D eigenvalue weighted by molar-refractivity contribution is 6.17. The molecule has 0 aliphatic rings. The molecule has 0 aliphatic carbocycles. The fourth-order valence-corrected chi connectivity index (χ4v) is 2.21. The Labute approximate surface area is 120 Å². The molecule has 0 saturated heterocycles. The van der Waals surface area contributed by atoms with Crippen LogP contribution in [0.15, 0.2) is 30.6 Å². The zero-order valence-electron chi connectivity index (χ0n) is 10.6. The number of hydrogen-bond acceptors (Lipinski definition) is 5. The van der Waals surface area contributed by atoms with E-state index in [1.54, 1.807) is 6.33 Å². The van der Waals surface area contributed by atoms with Crippen LogP contribution in [0, 0.1) is 0 Å². The molecule has 4 N–H and O–H groups in total. The van der Waals surface area contributed by atoms with E-state index < -0.39 is 0 Å². The molecule has 0 fully saturated rings. The third-order valence-corrected chi connectivity index (χ3v) is 3.35. The first-order valence-corrected chi connectivity index (χ1v) is 6.58. The van der Waals surface area contributed by atoms with Gasteiger partial charge in [0.15, 0.2) is 11.5 Å². The predicted octanol–water partition coefficient (Wildman–Crippen LogP) is 1.78. The number of rotatable bonds is 3. The van der Waals surface area contributed by atoms with Crippen molar-refractivity contribution in [2.45, 2.75) is 12.4 Å². The Balaban J connectivity index is 1.97. The molecule has 0 amide bonds. The van der Waals surface area contributed by atoms with Crippen molar-refractivity contribution in [2.24, 2.45) is 0 Å². The molecular weight excluding hydrogens is 276 g/mol. The Morgan fingerprint density at radius 2 is 1.75 bits per heavy atom. The molecule has 0 spiro atoms. The molecule has 0 atom stereocenters. The molecule has 2 aromatic heterocycles. The lowest BCUT2D eigenvalue weighted by molar-refractivity contribution is 0.813. The molecule has 3 aromatic rings. The topological polar surface area (TPSA) is 95.6 Å². The standard InChI is InChI=1S/C13H13ClN6/c14-5-8-1-3-9(4-2-8)6-20-7-17-10-11(15)18-13(16)19-12(10)20/h1-4,7H,5-6H2,(H4,15,16,18,19). The van der Waals surface area contributed by atoms with Gasteiger partial charge in [0.1, 0.15) is 5.52 Å². The van der Waals surface area contributed by atoms with Crippen LogP contribution in [0.25, 0.3) is 11.2 Å². The Hall–Kier alpha value is -2.34. The van der Waals surface area contributed by atoms with Crippen molar-refractivity contribution >= 4 is 34.5 Å². The Bertz CT molecular complexity index is 749. The molecule has 0 aliphatic heterocycles. The van der Waals surface area contributed by atoms with Crippen LogP contribution < -0.4 is 11.5 Å². The minimum Gasteiger partial charge on any atom is -0.382 e. The summed E-state index contributed by atoms with van der Waals surface area (Å²) < 4.78 is 1.89. The fourth-order valence-electron chi connectivity index (χ4n) is 2.03. The van der Waals surface area contributed by atoms with Gasteiger partial charge in [-0.3, -0.25) is 0 Å². The summed E-state index contributed by atoms with van der Waals surface area (Å²) in [5.74, 6) is 0.951. The number of nitrogen functional groups attached to an aromatic ring is 2. The van der Waals surface area contributed by atoms with E-state index in [4.69, 9.17) is 23.1 Å². The number of nitrogens with zero attached hydrogens (tertiary/aromatic N) is 4. The second-order valence-electron chi connectivity index (χ2n) is 4.46. The van der Waals surface area contributed by atoms with Gasteiger partial charge in [0.2, 0.25) is 5.95 Å². The van der Waals surface area contributed by atoms with Crippen molar-refractivity contribution in [3.05, 3.63) is 41.7 Å². The number of halogens is 1. The SMILES string of the molecule is Nc1nc(N)c2ncn(Cc3ccc(CCl)cc3)c2n1. The number of fused-ring (bicyclic) bond motifs is 1. The molecular formula is C13H13ClN6. The number of benzene rings is 1. The van der Waals surface area contributed by atoms with E-state index in [1.807, 2.05) is 28.8 Å². The Morgan fingerprint density at radius 3 is 2.45 bits per heavy atom. The number of imidazole rings is 1. The lowest BCUT2D eigenvalue weighted by Crippen LogP contribution is -2.04. The number of nitrogens with two attached hydrogens (primary N) is 2. The van der Waals surface area contributed by atoms with Crippen LogP contribution in [0.2, 0.25) is 0 Å². The Kier molecular flexibility index (Phi) is 3.15. The molecule has 102 valence electrons. The lowest BCUT2D eigenvalue weighted by atomic mass is 10.1. The van der Waals surface area contributed by atoms with Gasteiger partial charge >= 0.3 is 0 Å². The zero-order valence-corrected chi connectivity index (χ0v) is 11.4. The first-order chi connectivity index (χ1) is 9.67. The maximum atomic E-state index is 5.78. The minimum absolute atomic E-state index is 0.147. The summed E-state index contributed by atoms with van der Waals surface area (Å²) in [6, 6.07) is 8.05. The van der Waals surface area contributed by atoms with Crippen molar-refractivity contribution in [1.29, 1.82) is 0 Å². The average molecular weight is 289 g/mol. The lowest BCUT2D eigenvalue weighted by Gasteiger charge is -2.05. The summed E-state index contributed by atoms with van der Waals surface area (Å²) in [6.45, 7) is 0.634. The van der Waals surface area contributed by atoms with E-state index in [2.05, 4.69) is 15.0 Å². The largest absolute Gasteiger partial charge is 0.382 e. The summed E-state index contributed by atoms with van der Waals surface area (Å²) >= 11 is 5.78. The third-order valence-electron chi connectivity index (χ3n) is 3.04. The van der Waals surface area contributed by atoms with E-state index in [9.17, 15) is 0 Å². The van der Waals surface area contributed by atoms with Crippen LogP contribution in [0.1, 0.15) is 11.1 Å². The second-order valence-corrected chi connectivity index (χ2v) is 4.73. The normalized spacial score (nSPS) is 11.1. The second kappa shape index (κ2) is 4.97. The maximum absolute atomic E-state index is 5.78. The van der Waals surface area contributed by atoms with Gasteiger partial charge < -0.3 is 16.0 Å². The van der Waals surface area contributed by atoms with E-state index in [-0.39, 0.29) is 5.95 Å². The highest BCUT2D eigenvalue weighted by Crippen LogP contribution is 2.18.